The fraction of sp³-hybridized carbons (Fsp3) is 0.455. The first-order valence-electron chi connectivity index (χ1n) is 4.79. The summed E-state index contributed by atoms with van der Waals surface area (Å²) >= 11 is 0. The highest BCUT2D eigenvalue weighted by Crippen LogP contribution is 2.47. The Kier molecular flexibility index (Phi) is 2.17. The number of sulfone groups is 1. The van der Waals surface area contributed by atoms with E-state index in [-0.39, 0.29) is 6.10 Å². The first-order chi connectivity index (χ1) is 6.93. The summed E-state index contributed by atoms with van der Waals surface area (Å²) in [5.74, 6) is 0. The lowest BCUT2D eigenvalue weighted by molar-refractivity contribution is 0.0784. The summed E-state index contributed by atoms with van der Waals surface area (Å²) in [6.45, 7) is 3.41. The van der Waals surface area contributed by atoms with Gasteiger partial charge in [0.05, 0.1) is 4.90 Å². The molecule has 3 nitrogen and oxygen atoms in total. The molecule has 15 heavy (non-hydrogen) atoms. The Morgan fingerprint density at radius 3 is 2.47 bits per heavy atom. The summed E-state index contributed by atoms with van der Waals surface area (Å²) < 4.78 is 28.8. The minimum absolute atomic E-state index is 0.376. The van der Waals surface area contributed by atoms with Crippen LogP contribution in [0.3, 0.4) is 0 Å². The molecule has 0 aliphatic carbocycles. The van der Waals surface area contributed by atoms with Crippen LogP contribution >= 0.6 is 0 Å². The van der Waals surface area contributed by atoms with Gasteiger partial charge in [-0.05, 0) is 19.9 Å². The third-order valence-electron chi connectivity index (χ3n) is 3.05. The molecule has 1 aliphatic heterocycles. The van der Waals surface area contributed by atoms with Crippen LogP contribution in [-0.2, 0) is 14.6 Å². The van der Waals surface area contributed by atoms with Gasteiger partial charge in [0.15, 0.2) is 9.84 Å². The molecule has 1 unspecified atom stereocenters. The van der Waals surface area contributed by atoms with Gasteiger partial charge in [-0.2, -0.15) is 0 Å². The maximum atomic E-state index is 12.2. The molecule has 0 amide bonds. The minimum Gasteiger partial charge on any atom is -0.375 e. The van der Waals surface area contributed by atoms with E-state index in [0.29, 0.717) is 4.90 Å². The molecule has 82 valence electrons. The third-order valence-corrected chi connectivity index (χ3v) is 5.60. The van der Waals surface area contributed by atoms with E-state index in [2.05, 4.69) is 0 Å². The van der Waals surface area contributed by atoms with E-state index in [1.54, 1.807) is 33.1 Å². The van der Waals surface area contributed by atoms with Gasteiger partial charge < -0.3 is 4.74 Å². The third kappa shape index (κ3) is 1.18. The zero-order valence-corrected chi connectivity index (χ0v) is 9.84. The highest BCUT2D eigenvalue weighted by molar-refractivity contribution is 7.93. The van der Waals surface area contributed by atoms with E-state index in [0.717, 1.165) is 5.56 Å². The summed E-state index contributed by atoms with van der Waals surface area (Å²) in [4.78, 5) is 0.404. The van der Waals surface area contributed by atoms with Crippen molar-refractivity contribution in [1.82, 2.24) is 0 Å². The first kappa shape index (κ1) is 10.6. The number of methoxy groups -OCH3 is 1. The fourth-order valence-electron chi connectivity index (χ4n) is 2.15. The molecule has 0 saturated carbocycles. The van der Waals surface area contributed by atoms with Crippen LogP contribution in [0.15, 0.2) is 29.2 Å². The number of benzene rings is 1. The first-order valence-corrected chi connectivity index (χ1v) is 6.27. The Bertz CT molecular complexity index is 488. The standard InChI is InChI=1S/C11H14O3S/c1-11(2)10(14-3)8-6-4-5-7-9(8)15(11,12)13/h4-7,10H,1-3H3. The van der Waals surface area contributed by atoms with Crippen molar-refractivity contribution in [3.05, 3.63) is 29.8 Å². The molecule has 4 heteroatoms. The van der Waals surface area contributed by atoms with Crippen LogP contribution in [0.25, 0.3) is 0 Å². The van der Waals surface area contributed by atoms with Crippen molar-refractivity contribution in [2.75, 3.05) is 7.11 Å². The van der Waals surface area contributed by atoms with E-state index in [1.807, 2.05) is 12.1 Å². The number of ether oxygens (including phenoxy) is 1. The molecule has 1 aliphatic rings. The monoisotopic (exact) mass is 226 g/mol. The predicted molar refractivity (Wildman–Crippen MR) is 57.5 cm³/mol. The zero-order chi connectivity index (χ0) is 11.3. The van der Waals surface area contributed by atoms with Gasteiger partial charge in [-0.1, -0.05) is 18.2 Å². The lowest BCUT2D eigenvalue weighted by atomic mass is 9.99. The van der Waals surface area contributed by atoms with Crippen LogP contribution < -0.4 is 0 Å². The number of hydrogen-bond acceptors (Lipinski definition) is 3. The normalized spacial score (nSPS) is 26.2. The van der Waals surface area contributed by atoms with Crippen molar-refractivity contribution < 1.29 is 13.2 Å². The highest BCUT2D eigenvalue weighted by Gasteiger charge is 2.51. The van der Waals surface area contributed by atoms with E-state index < -0.39 is 14.6 Å². The Morgan fingerprint density at radius 2 is 1.87 bits per heavy atom. The molecule has 0 radical (unpaired) electrons. The van der Waals surface area contributed by atoms with Gasteiger partial charge in [0.25, 0.3) is 0 Å². The fourth-order valence-corrected chi connectivity index (χ4v) is 3.97. The second kappa shape index (κ2) is 3.06. The van der Waals surface area contributed by atoms with E-state index in [9.17, 15) is 8.42 Å². The molecule has 0 aromatic heterocycles. The summed E-state index contributed by atoms with van der Waals surface area (Å²) in [5, 5.41) is 0. The Balaban J connectivity index is 2.77. The minimum atomic E-state index is -3.27. The SMILES string of the molecule is COC1c2ccccc2S(=O)(=O)C1(C)C. The Hall–Kier alpha value is -0.870. The summed E-state index contributed by atoms with van der Waals surface area (Å²) in [6.07, 6.45) is -0.376. The highest BCUT2D eigenvalue weighted by atomic mass is 32.2. The molecule has 0 bridgehead atoms. The molecule has 1 heterocycles. The number of hydrogen-bond donors (Lipinski definition) is 0. The molecule has 1 aromatic rings. The Morgan fingerprint density at radius 1 is 1.27 bits per heavy atom. The van der Waals surface area contributed by atoms with Crippen LogP contribution in [0.5, 0.6) is 0 Å². The summed E-state index contributed by atoms with van der Waals surface area (Å²) in [7, 11) is -1.72. The maximum absolute atomic E-state index is 12.2. The lowest BCUT2D eigenvalue weighted by Crippen LogP contribution is -2.33. The molecular weight excluding hydrogens is 212 g/mol. The zero-order valence-electron chi connectivity index (χ0n) is 9.02. The molecule has 0 fully saturated rings. The van der Waals surface area contributed by atoms with Gasteiger partial charge in [-0.25, -0.2) is 8.42 Å². The number of rotatable bonds is 1. The van der Waals surface area contributed by atoms with Gasteiger partial charge >= 0.3 is 0 Å². The quantitative estimate of drug-likeness (QED) is 0.735. The summed E-state index contributed by atoms with van der Waals surface area (Å²) in [6, 6.07) is 7.04. The molecule has 1 aromatic carbocycles. The predicted octanol–water partition coefficient (Wildman–Crippen LogP) is 1.94. The van der Waals surface area contributed by atoms with E-state index in [1.165, 1.54) is 0 Å². The molecule has 0 saturated heterocycles. The van der Waals surface area contributed by atoms with Gasteiger partial charge in [0.1, 0.15) is 10.9 Å². The smallest absolute Gasteiger partial charge is 0.186 e. The second-order valence-corrected chi connectivity index (χ2v) is 6.76. The average Bonchev–Trinajstić information content (AvgIpc) is 2.32. The van der Waals surface area contributed by atoms with Gasteiger partial charge in [0, 0.05) is 12.7 Å². The molecule has 1 atom stereocenters. The van der Waals surface area contributed by atoms with Crippen LogP contribution in [0.2, 0.25) is 0 Å². The van der Waals surface area contributed by atoms with Crippen molar-refractivity contribution in [3.63, 3.8) is 0 Å². The van der Waals surface area contributed by atoms with Crippen LogP contribution in [-0.4, -0.2) is 20.3 Å². The second-order valence-electron chi connectivity index (χ2n) is 4.26. The van der Waals surface area contributed by atoms with Crippen molar-refractivity contribution in [2.24, 2.45) is 0 Å². The molecular formula is C11H14O3S. The van der Waals surface area contributed by atoms with Crippen molar-refractivity contribution in [3.8, 4) is 0 Å². The molecule has 0 N–H and O–H groups in total. The van der Waals surface area contributed by atoms with Crippen molar-refractivity contribution in [2.45, 2.75) is 29.6 Å². The van der Waals surface area contributed by atoms with Gasteiger partial charge in [-0.3, -0.25) is 0 Å². The molecule has 2 rings (SSSR count). The van der Waals surface area contributed by atoms with Crippen LogP contribution in [0.4, 0.5) is 0 Å². The summed E-state index contributed by atoms with van der Waals surface area (Å²) in [5.41, 5.74) is 0.769. The van der Waals surface area contributed by atoms with Crippen molar-refractivity contribution >= 4 is 9.84 Å². The maximum Gasteiger partial charge on any atom is 0.186 e. The Labute approximate surface area is 90.0 Å². The average molecular weight is 226 g/mol. The largest absolute Gasteiger partial charge is 0.375 e. The van der Waals surface area contributed by atoms with Crippen molar-refractivity contribution in [1.29, 1.82) is 0 Å². The number of fused-ring (bicyclic) bond motifs is 1. The molecule has 0 spiro atoms. The van der Waals surface area contributed by atoms with E-state index in [4.69, 9.17) is 4.74 Å². The lowest BCUT2D eigenvalue weighted by Gasteiger charge is -2.24. The van der Waals surface area contributed by atoms with Crippen LogP contribution in [0.1, 0.15) is 25.5 Å². The van der Waals surface area contributed by atoms with E-state index >= 15 is 0 Å². The van der Waals surface area contributed by atoms with Crippen LogP contribution in [0, 0.1) is 0 Å². The topological polar surface area (TPSA) is 43.4 Å². The van der Waals surface area contributed by atoms with Gasteiger partial charge in [-0.15, -0.1) is 0 Å². The van der Waals surface area contributed by atoms with Gasteiger partial charge in [0.2, 0.25) is 0 Å².